The van der Waals surface area contributed by atoms with Crippen molar-refractivity contribution in [1.82, 2.24) is 15.1 Å². The molecule has 0 spiro atoms. The molecular formula is C20H29N3O3. The molecule has 2 aliphatic rings. The van der Waals surface area contributed by atoms with E-state index in [0.717, 1.165) is 12.1 Å². The normalized spacial score (nSPS) is 22.4. The van der Waals surface area contributed by atoms with Crippen LogP contribution in [0.5, 0.6) is 0 Å². The molecule has 0 aromatic heterocycles. The fraction of sp³-hybridized carbons (Fsp3) is 0.600. The fourth-order valence-electron chi connectivity index (χ4n) is 3.63. The molecule has 6 heteroatoms. The first-order chi connectivity index (χ1) is 12.4. The molecular weight excluding hydrogens is 330 g/mol. The highest BCUT2D eigenvalue weighted by molar-refractivity contribution is 5.88. The third-order valence-electron chi connectivity index (χ3n) is 5.26. The summed E-state index contributed by atoms with van der Waals surface area (Å²) < 4.78 is 5.27. The molecule has 6 nitrogen and oxygen atoms in total. The maximum absolute atomic E-state index is 12.7. The summed E-state index contributed by atoms with van der Waals surface area (Å²) >= 11 is 0. The second-order valence-electron chi connectivity index (χ2n) is 8.02. The Morgan fingerprint density at radius 1 is 1.35 bits per heavy atom. The van der Waals surface area contributed by atoms with Crippen molar-refractivity contribution in [2.45, 2.75) is 32.9 Å². The van der Waals surface area contributed by atoms with E-state index in [1.807, 2.05) is 7.05 Å². The first-order valence-corrected chi connectivity index (χ1v) is 9.25. The van der Waals surface area contributed by atoms with E-state index in [2.05, 4.69) is 48.3 Å². The number of rotatable bonds is 6. The maximum atomic E-state index is 12.7. The number of piperazine rings is 1. The van der Waals surface area contributed by atoms with Gasteiger partial charge in [0, 0.05) is 38.6 Å². The summed E-state index contributed by atoms with van der Waals surface area (Å²) in [6.07, 6.45) is 0.213. The van der Waals surface area contributed by atoms with E-state index in [4.69, 9.17) is 4.74 Å². The van der Waals surface area contributed by atoms with Gasteiger partial charge in [0.1, 0.15) is 0 Å². The Morgan fingerprint density at radius 2 is 2.04 bits per heavy atom. The second kappa shape index (κ2) is 7.76. The van der Waals surface area contributed by atoms with Crippen LogP contribution in [0.2, 0.25) is 0 Å². The van der Waals surface area contributed by atoms with Gasteiger partial charge in [0.05, 0.1) is 25.7 Å². The smallest absolute Gasteiger partial charge is 0.237 e. The van der Waals surface area contributed by atoms with Crippen LogP contribution >= 0.6 is 0 Å². The number of aryl methyl sites for hydroxylation is 1. The number of amides is 2. The molecule has 0 unspecified atom stereocenters. The lowest BCUT2D eigenvalue weighted by atomic mass is 9.88. The standard InChI is InChI=1S/C20H29N3O3/c1-15-4-6-16(7-5-15)11-23-9-8-21-19(25)17(23)10-18(24)22(3)12-20(2)13-26-14-20/h4-7,17H,8-14H2,1-3H3,(H,21,25)/t17-/m1/s1. The zero-order chi connectivity index (χ0) is 18.7. The van der Waals surface area contributed by atoms with E-state index in [1.54, 1.807) is 4.90 Å². The highest BCUT2D eigenvalue weighted by Crippen LogP contribution is 2.27. The predicted octanol–water partition coefficient (Wildman–Crippen LogP) is 1.18. The van der Waals surface area contributed by atoms with Crippen molar-refractivity contribution in [1.29, 1.82) is 0 Å². The van der Waals surface area contributed by atoms with Crippen LogP contribution in [0.4, 0.5) is 0 Å². The maximum Gasteiger partial charge on any atom is 0.237 e. The summed E-state index contributed by atoms with van der Waals surface area (Å²) in [6, 6.07) is 7.92. The zero-order valence-corrected chi connectivity index (χ0v) is 16.0. The predicted molar refractivity (Wildman–Crippen MR) is 99.6 cm³/mol. The number of carbonyl (C=O) groups is 2. The van der Waals surface area contributed by atoms with Crippen LogP contribution in [0.15, 0.2) is 24.3 Å². The van der Waals surface area contributed by atoms with Crippen molar-refractivity contribution in [2.75, 3.05) is 39.9 Å². The molecule has 1 N–H and O–H groups in total. The van der Waals surface area contributed by atoms with Crippen LogP contribution in [0.1, 0.15) is 24.5 Å². The largest absolute Gasteiger partial charge is 0.380 e. The molecule has 2 amide bonds. The van der Waals surface area contributed by atoms with Crippen LogP contribution in [0.3, 0.4) is 0 Å². The van der Waals surface area contributed by atoms with Crippen molar-refractivity contribution in [2.24, 2.45) is 5.41 Å². The number of nitrogens with zero attached hydrogens (tertiary/aromatic N) is 2. The van der Waals surface area contributed by atoms with Gasteiger partial charge in [-0.1, -0.05) is 36.8 Å². The molecule has 1 aromatic carbocycles. The molecule has 26 heavy (non-hydrogen) atoms. The Hall–Kier alpha value is -1.92. The fourth-order valence-corrected chi connectivity index (χ4v) is 3.63. The van der Waals surface area contributed by atoms with E-state index < -0.39 is 6.04 Å². The lowest BCUT2D eigenvalue weighted by Gasteiger charge is -2.41. The third-order valence-corrected chi connectivity index (χ3v) is 5.26. The van der Waals surface area contributed by atoms with Gasteiger partial charge < -0.3 is 15.0 Å². The van der Waals surface area contributed by atoms with Gasteiger partial charge in [-0.05, 0) is 12.5 Å². The molecule has 2 saturated heterocycles. The minimum atomic E-state index is -0.412. The van der Waals surface area contributed by atoms with Gasteiger partial charge in [-0.25, -0.2) is 0 Å². The van der Waals surface area contributed by atoms with E-state index >= 15 is 0 Å². The van der Waals surface area contributed by atoms with Gasteiger partial charge in [0.25, 0.3) is 0 Å². The number of benzene rings is 1. The minimum absolute atomic E-state index is 0.00841. The Kier molecular flexibility index (Phi) is 5.63. The number of hydrogen-bond donors (Lipinski definition) is 1. The monoisotopic (exact) mass is 359 g/mol. The van der Waals surface area contributed by atoms with Crippen LogP contribution in [0.25, 0.3) is 0 Å². The van der Waals surface area contributed by atoms with Crippen LogP contribution in [-0.2, 0) is 20.9 Å². The van der Waals surface area contributed by atoms with Gasteiger partial charge in [-0.15, -0.1) is 0 Å². The molecule has 0 aliphatic carbocycles. The summed E-state index contributed by atoms with van der Waals surface area (Å²) in [6.45, 7) is 8.29. The molecule has 1 atom stereocenters. The first kappa shape index (κ1) is 18.9. The van der Waals surface area contributed by atoms with Gasteiger partial charge in [0.15, 0.2) is 0 Å². The molecule has 142 valence electrons. The molecule has 3 rings (SSSR count). The van der Waals surface area contributed by atoms with Gasteiger partial charge in [0.2, 0.25) is 11.8 Å². The van der Waals surface area contributed by atoms with Gasteiger partial charge >= 0.3 is 0 Å². The summed E-state index contributed by atoms with van der Waals surface area (Å²) in [5.41, 5.74) is 2.42. The zero-order valence-electron chi connectivity index (χ0n) is 16.0. The Morgan fingerprint density at radius 3 is 2.65 bits per heavy atom. The Balaban J connectivity index is 1.63. The van der Waals surface area contributed by atoms with Crippen molar-refractivity contribution in [3.63, 3.8) is 0 Å². The lowest BCUT2D eigenvalue weighted by Crippen LogP contribution is -2.56. The number of carbonyl (C=O) groups excluding carboxylic acids is 2. The Labute approximate surface area is 155 Å². The topological polar surface area (TPSA) is 61.9 Å². The summed E-state index contributed by atoms with van der Waals surface area (Å²) in [5, 5.41) is 2.90. The molecule has 0 radical (unpaired) electrons. The van der Waals surface area contributed by atoms with E-state index in [0.29, 0.717) is 32.8 Å². The SMILES string of the molecule is Cc1ccc(CN2CCNC(=O)[C@H]2CC(=O)N(C)CC2(C)COC2)cc1. The molecule has 0 saturated carbocycles. The van der Waals surface area contributed by atoms with Crippen LogP contribution in [0, 0.1) is 12.3 Å². The number of ether oxygens (including phenoxy) is 1. The summed E-state index contributed by atoms with van der Waals surface area (Å²) in [4.78, 5) is 29.0. The highest BCUT2D eigenvalue weighted by Gasteiger charge is 2.37. The Bertz CT molecular complexity index is 655. The van der Waals surface area contributed by atoms with Crippen molar-refractivity contribution < 1.29 is 14.3 Å². The molecule has 2 aliphatic heterocycles. The van der Waals surface area contributed by atoms with Crippen molar-refractivity contribution in [3.05, 3.63) is 35.4 Å². The molecule has 2 heterocycles. The number of nitrogens with one attached hydrogen (secondary N) is 1. The number of hydrogen-bond acceptors (Lipinski definition) is 4. The van der Waals surface area contributed by atoms with Gasteiger partial charge in [-0.2, -0.15) is 0 Å². The van der Waals surface area contributed by atoms with E-state index in [-0.39, 0.29) is 23.7 Å². The molecule has 1 aromatic rings. The highest BCUT2D eigenvalue weighted by atomic mass is 16.5. The van der Waals surface area contributed by atoms with E-state index in [9.17, 15) is 9.59 Å². The van der Waals surface area contributed by atoms with E-state index in [1.165, 1.54) is 5.56 Å². The third kappa shape index (κ3) is 4.43. The second-order valence-corrected chi connectivity index (χ2v) is 8.02. The van der Waals surface area contributed by atoms with Crippen LogP contribution < -0.4 is 5.32 Å². The first-order valence-electron chi connectivity index (χ1n) is 9.25. The van der Waals surface area contributed by atoms with Crippen molar-refractivity contribution >= 4 is 11.8 Å². The van der Waals surface area contributed by atoms with Crippen molar-refractivity contribution in [3.8, 4) is 0 Å². The lowest BCUT2D eigenvalue weighted by molar-refractivity contribution is -0.146. The summed E-state index contributed by atoms with van der Waals surface area (Å²) in [5.74, 6) is -0.0441. The van der Waals surface area contributed by atoms with Crippen LogP contribution in [-0.4, -0.2) is 67.6 Å². The minimum Gasteiger partial charge on any atom is -0.380 e. The van der Waals surface area contributed by atoms with Gasteiger partial charge in [-0.3, -0.25) is 14.5 Å². The molecule has 0 bridgehead atoms. The average molecular weight is 359 g/mol. The molecule has 2 fully saturated rings. The summed E-state index contributed by atoms with van der Waals surface area (Å²) in [7, 11) is 1.82. The quantitative estimate of drug-likeness (QED) is 0.829. The average Bonchev–Trinajstić information content (AvgIpc) is 2.58.